The first-order chi connectivity index (χ1) is 11.0. The van der Waals surface area contributed by atoms with Gasteiger partial charge in [-0.15, -0.1) is 0 Å². The third-order valence-electron chi connectivity index (χ3n) is 3.32. The van der Waals surface area contributed by atoms with Gasteiger partial charge >= 0.3 is 5.97 Å². The molecule has 0 amide bonds. The van der Waals surface area contributed by atoms with Gasteiger partial charge in [0.15, 0.2) is 0 Å². The topological polar surface area (TPSA) is 66.8 Å². The zero-order valence-corrected chi connectivity index (χ0v) is 13.7. The highest BCUT2D eigenvalue weighted by atomic mass is 35.5. The van der Waals surface area contributed by atoms with E-state index in [0.29, 0.717) is 26.9 Å². The van der Waals surface area contributed by atoms with Crippen LogP contribution in [0.3, 0.4) is 0 Å². The summed E-state index contributed by atoms with van der Waals surface area (Å²) < 4.78 is 5.67. The predicted molar refractivity (Wildman–Crippen MR) is 89.1 cm³/mol. The standard InChI is InChI=1S/C17H16Cl2O4/c18-14-5-2-6-15(19)13(14)10-23-12-4-1-3-11(9-12)16(20)7-8-17(21)22/h1-6,9,16,20H,7-8,10H2,(H,21,22). The Balaban J connectivity index is 2.04. The zero-order valence-electron chi connectivity index (χ0n) is 12.2. The first-order valence-electron chi connectivity index (χ1n) is 7.03. The minimum atomic E-state index is -0.940. The molecule has 0 radical (unpaired) electrons. The number of halogens is 2. The van der Waals surface area contributed by atoms with E-state index >= 15 is 0 Å². The summed E-state index contributed by atoms with van der Waals surface area (Å²) in [5.74, 6) is -0.391. The Hall–Kier alpha value is -1.75. The lowest BCUT2D eigenvalue weighted by Gasteiger charge is -2.13. The van der Waals surface area contributed by atoms with Crippen LogP contribution in [0.2, 0.25) is 10.0 Å². The molecule has 0 saturated heterocycles. The van der Waals surface area contributed by atoms with Crippen molar-refractivity contribution in [3.05, 3.63) is 63.6 Å². The van der Waals surface area contributed by atoms with Crippen molar-refractivity contribution in [2.45, 2.75) is 25.6 Å². The Kier molecular flexibility index (Phi) is 6.28. The molecule has 1 atom stereocenters. The van der Waals surface area contributed by atoms with Gasteiger partial charge in [0.2, 0.25) is 0 Å². The van der Waals surface area contributed by atoms with Crippen LogP contribution in [0.1, 0.15) is 30.1 Å². The van der Waals surface area contributed by atoms with Crippen molar-refractivity contribution < 1.29 is 19.7 Å². The quantitative estimate of drug-likeness (QED) is 0.769. The summed E-state index contributed by atoms with van der Waals surface area (Å²) in [6, 6.07) is 12.1. The average Bonchev–Trinajstić information content (AvgIpc) is 2.52. The second kappa shape index (κ2) is 8.20. The Morgan fingerprint density at radius 3 is 2.43 bits per heavy atom. The van der Waals surface area contributed by atoms with E-state index in [2.05, 4.69) is 0 Å². The largest absolute Gasteiger partial charge is 0.489 e. The molecule has 0 aliphatic carbocycles. The van der Waals surface area contributed by atoms with Crippen molar-refractivity contribution in [1.82, 2.24) is 0 Å². The van der Waals surface area contributed by atoms with Crippen molar-refractivity contribution in [1.29, 1.82) is 0 Å². The van der Waals surface area contributed by atoms with Gasteiger partial charge in [-0.05, 0) is 36.2 Å². The van der Waals surface area contributed by atoms with Crippen LogP contribution < -0.4 is 4.74 Å². The number of hydrogen-bond donors (Lipinski definition) is 2. The number of aliphatic hydroxyl groups is 1. The fourth-order valence-corrected chi connectivity index (χ4v) is 2.57. The molecule has 0 fully saturated rings. The number of aliphatic hydroxyl groups excluding tert-OH is 1. The Morgan fingerprint density at radius 2 is 1.78 bits per heavy atom. The van der Waals surface area contributed by atoms with Crippen LogP contribution >= 0.6 is 23.2 Å². The van der Waals surface area contributed by atoms with E-state index in [0.717, 1.165) is 0 Å². The lowest BCUT2D eigenvalue weighted by Crippen LogP contribution is -2.03. The molecule has 0 saturated carbocycles. The van der Waals surface area contributed by atoms with E-state index in [4.69, 9.17) is 33.0 Å². The smallest absolute Gasteiger partial charge is 0.303 e. The molecule has 23 heavy (non-hydrogen) atoms. The number of benzene rings is 2. The first-order valence-corrected chi connectivity index (χ1v) is 7.78. The second-order valence-corrected chi connectivity index (χ2v) is 5.82. The molecular formula is C17H16Cl2O4. The van der Waals surface area contributed by atoms with E-state index in [1.165, 1.54) is 0 Å². The van der Waals surface area contributed by atoms with Gasteiger partial charge in [0.05, 0.1) is 6.10 Å². The molecule has 2 aromatic rings. The molecule has 122 valence electrons. The van der Waals surface area contributed by atoms with Crippen molar-refractivity contribution in [2.75, 3.05) is 0 Å². The molecule has 4 nitrogen and oxygen atoms in total. The van der Waals surface area contributed by atoms with E-state index in [-0.39, 0.29) is 19.4 Å². The van der Waals surface area contributed by atoms with Gasteiger partial charge in [-0.25, -0.2) is 0 Å². The molecular weight excluding hydrogens is 339 g/mol. The van der Waals surface area contributed by atoms with Gasteiger partial charge in [-0.3, -0.25) is 4.79 Å². The maximum absolute atomic E-state index is 10.6. The summed E-state index contributed by atoms with van der Waals surface area (Å²) in [5.41, 5.74) is 1.29. The summed E-state index contributed by atoms with van der Waals surface area (Å²) in [4.78, 5) is 10.6. The number of aliphatic carboxylic acids is 1. The summed E-state index contributed by atoms with van der Waals surface area (Å²) in [7, 11) is 0. The molecule has 1 unspecified atom stereocenters. The van der Waals surface area contributed by atoms with Crippen molar-refractivity contribution in [3.63, 3.8) is 0 Å². The van der Waals surface area contributed by atoms with Crippen LogP contribution in [0.15, 0.2) is 42.5 Å². The molecule has 0 bridgehead atoms. The van der Waals surface area contributed by atoms with E-state index < -0.39 is 12.1 Å². The second-order valence-electron chi connectivity index (χ2n) is 5.01. The fourth-order valence-electron chi connectivity index (χ4n) is 2.06. The molecule has 0 heterocycles. The number of carbonyl (C=O) groups is 1. The summed E-state index contributed by atoms with van der Waals surface area (Å²) in [6.45, 7) is 0.202. The minimum absolute atomic E-state index is 0.0958. The van der Waals surface area contributed by atoms with Crippen LogP contribution in [-0.4, -0.2) is 16.2 Å². The molecule has 0 aliphatic rings. The van der Waals surface area contributed by atoms with E-state index in [1.807, 2.05) is 0 Å². The summed E-state index contributed by atoms with van der Waals surface area (Å²) in [5, 5.41) is 19.7. The monoisotopic (exact) mass is 354 g/mol. The number of carboxylic acids is 1. The van der Waals surface area contributed by atoms with Gasteiger partial charge < -0.3 is 14.9 Å². The first kappa shape index (κ1) is 17.6. The molecule has 2 N–H and O–H groups in total. The normalized spacial score (nSPS) is 12.0. The SMILES string of the molecule is O=C(O)CCC(O)c1cccc(OCc2c(Cl)cccc2Cl)c1. The highest BCUT2D eigenvalue weighted by Gasteiger charge is 2.11. The molecule has 2 aromatic carbocycles. The lowest BCUT2D eigenvalue weighted by atomic mass is 10.0. The van der Waals surface area contributed by atoms with E-state index in [9.17, 15) is 9.90 Å². The highest BCUT2D eigenvalue weighted by molar-refractivity contribution is 6.35. The maximum Gasteiger partial charge on any atom is 0.303 e. The summed E-state index contributed by atoms with van der Waals surface area (Å²) in [6.07, 6.45) is -0.796. The molecule has 2 rings (SSSR count). The predicted octanol–water partition coefficient (Wildman–Crippen LogP) is 4.47. The number of carboxylic acid groups (broad SMARTS) is 1. The summed E-state index contributed by atoms with van der Waals surface area (Å²) >= 11 is 12.2. The van der Waals surface area contributed by atoms with Gasteiger partial charge in [0.25, 0.3) is 0 Å². The van der Waals surface area contributed by atoms with Crippen molar-refractivity contribution in [3.8, 4) is 5.75 Å². The lowest BCUT2D eigenvalue weighted by molar-refractivity contribution is -0.137. The highest BCUT2D eigenvalue weighted by Crippen LogP contribution is 2.27. The number of ether oxygens (including phenoxy) is 1. The fraction of sp³-hybridized carbons (Fsp3) is 0.235. The molecule has 0 aliphatic heterocycles. The molecule has 6 heteroatoms. The van der Waals surface area contributed by atoms with Gasteiger partial charge in [0, 0.05) is 22.0 Å². The van der Waals surface area contributed by atoms with Crippen molar-refractivity contribution in [2.24, 2.45) is 0 Å². The zero-order chi connectivity index (χ0) is 16.8. The van der Waals surface area contributed by atoms with Crippen LogP contribution in [0.25, 0.3) is 0 Å². The van der Waals surface area contributed by atoms with Gasteiger partial charge in [0.1, 0.15) is 12.4 Å². The third kappa shape index (κ3) is 5.13. The van der Waals surface area contributed by atoms with Crippen LogP contribution in [-0.2, 0) is 11.4 Å². The Labute approximate surface area is 144 Å². The Morgan fingerprint density at radius 1 is 1.13 bits per heavy atom. The maximum atomic E-state index is 10.6. The van der Waals surface area contributed by atoms with Crippen LogP contribution in [0.5, 0.6) is 5.75 Å². The number of rotatable bonds is 7. The molecule has 0 aromatic heterocycles. The van der Waals surface area contributed by atoms with E-state index in [1.54, 1.807) is 42.5 Å². The van der Waals surface area contributed by atoms with Crippen LogP contribution in [0, 0.1) is 0 Å². The minimum Gasteiger partial charge on any atom is -0.489 e. The van der Waals surface area contributed by atoms with Gasteiger partial charge in [-0.1, -0.05) is 41.4 Å². The Bertz CT molecular complexity index is 668. The third-order valence-corrected chi connectivity index (χ3v) is 4.03. The van der Waals surface area contributed by atoms with Crippen molar-refractivity contribution >= 4 is 29.2 Å². The van der Waals surface area contributed by atoms with Gasteiger partial charge in [-0.2, -0.15) is 0 Å². The molecule has 0 spiro atoms. The van der Waals surface area contributed by atoms with Crippen LogP contribution in [0.4, 0.5) is 0 Å². The average molecular weight is 355 g/mol. The number of hydrogen-bond acceptors (Lipinski definition) is 3.